The summed E-state index contributed by atoms with van der Waals surface area (Å²) in [4.78, 5) is 0. The molecule has 0 bridgehead atoms. The second kappa shape index (κ2) is 6.71. The molecule has 0 spiro atoms. The van der Waals surface area contributed by atoms with Crippen LogP contribution in [0.25, 0.3) is 0 Å². The minimum atomic E-state index is -0.314. The van der Waals surface area contributed by atoms with Crippen LogP contribution in [0.1, 0.15) is 38.2 Å². The van der Waals surface area contributed by atoms with Gasteiger partial charge in [0.05, 0.1) is 5.02 Å². The van der Waals surface area contributed by atoms with Crippen molar-refractivity contribution in [2.45, 2.75) is 45.1 Å². The second-order valence-electron chi connectivity index (χ2n) is 5.83. The zero-order valence-corrected chi connectivity index (χ0v) is 12.5. The summed E-state index contributed by atoms with van der Waals surface area (Å²) >= 11 is 6.05. The number of likely N-dealkylation sites (N-methyl/N-ethyl adjacent to an activating group) is 1. The highest BCUT2D eigenvalue weighted by atomic mass is 35.5. The Bertz CT molecular complexity index is 413. The first-order valence-electron chi connectivity index (χ1n) is 7.22. The fourth-order valence-corrected chi connectivity index (χ4v) is 3.34. The second-order valence-corrected chi connectivity index (χ2v) is 6.21. The Morgan fingerprint density at radius 3 is 2.63 bits per heavy atom. The van der Waals surface area contributed by atoms with Crippen molar-refractivity contribution in [1.82, 2.24) is 5.32 Å². The first kappa shape index (κ1) is 14.8. The average Bonchev–Trinajstić information content (AvgIpc) is 2.42. The number of hydrogen-bond donors (Lipinski definition) is 1. The summed E-state index contributed by atoms with van der Waals surface area (Å²) in [5.74, 6) is 1.22. The predicted molar refractivity (Wildman–Crippen MR) is 79.1 cm³/mol. The molecular weight excluding hydrogens is 261 g/mol. The van der Waals surface area contributed by atoms with E-state index < -0.39 is 0 Å². The highest BCUT2D eigenvalue weighted by Gasteiger charge is 2.25. The quantitative estimate of drug-likeness (QED) is 0.862. The van der Waals surface area contributed by atoms with E-state index in [1.54, 1.807) is 6.07 Å². The zero-order chi connectivity index (χ0) is 13.8. The summed E-state index contributed by atoms with van der Waals surface area (Å²) < 4.78 is 13.5. The van der Waals surface area contributed by atoms with Crippen molar-refractivity contribution in [2.24, 2.45) is 11.8 Å². The van der Waals surface area contributed by atoms with Gasteiger partial charge in [0.15, 0.2) is 0 Å². The Morgan fingerprint density at radius 2 is 2.00 bits per heavy atom. The van der Waals surface area contributed by atoms with Gasteiger partial charge in [0.1, 0.15) is 5.82 Å². The number of halogens is 2. The first-order valence-corrected chi connectivity index (χ1v) is 7.59. The summed E-state index contributed by atoms with van der Waals surface area (Å²) in [5.41, 5.74) is 0.916. The van der Waals surface area contributed by atoms with E-state index in [1.165, 1.54) is 31.7 Å². The Kier molecular flexibility index (Phi) is 5.23. The van der Waals surface area contributed by atoms with Crippen molar-refractivity contribution < 1.29 is 4.39 Å². The normalized spacial score (nSPS) is 25.3. The van der Waals surface area contributed by atoms with Gasteiger partial charge in [-0.1, -0.05) is 43.5 Å². The molecule has 0 radical (unpaired) electrons. The molecule has 3 heteroatoms. The third-order valence-electron chi connectivity index (χ3n) is 4.47. The number of benzene rings is 1. The van der Waals surface area contributed by atoms with Crippen LogP contribution in [0, 0.1) is 17.7 Å². The number of hydrogen-bond acceptors (Lipinski definition) is 1. The maximum atomic E-state index is 13.5. The van der Waals surface area contributed by atoms with Gasteiger partial charge in [0.25, 0.3) is 0 Å². The zero-order valence-electron chi connectivity index (χ0n) is 11.8. The molecule has 19 heavy (non-hydrogen) atoms. The van der Waals surface area contributed by atoms with Crippen LogP contribution in [-0.2, 0) is 6.42 Å². The lowest BCUT2D eigenvalue weighted by atomic mass is 9.78. The summed E-state index contributed by atoms with van der Waals surface area (Å²) in [6, 6.07) is 5.49. The standard InChI is InChI=1S/C16H23ClFN/c1-11-6-8-12(9-7-11)15(19-2)10-13-4-3-5-14(18)16(13)17/h3-5,11-12,15,19H,6-10H2,1-2H3. The van der Waals surface area contributed by atoms with Gasteiger partial charge in [-0.15, -0.1) is 0 Å². The molecule has 1 nitrogen and oxygen atoms in total. The molecule has 1 aliphatic rings. The molecule has 2 rings (SSSR count). The molecule has 1 unspecified atom stereocenters. The van der Waals surface area contributed by atoms with Gasteiger partial charge in [0.2, 0.25) is 0 Å². The first-order chi connectivity index (χ1) is 9.11. The molecule has 1 saturated carbocycles. The summed E-state index contributed by atoms with van der Waals surface area (Å²) in [6.07, 6.45) is 5.95. The monoisotopic (exact) mass is 283 g/mol. The SMILES string of the molecule is CNC(Cc1cccc(F)c1Cl)C1CCC(C)CC1. The van der Waals surface area contributed by atoms with Crippen molar-refractivity contribution in [3.05, 3.63) is 34.6 Å². The van der Waals surface area contributed by atoms with Crippen molar-refractivity contribution >= 4 is 11.6 Å². The molecule has 0 amide bonds. The molecular formula is C16H23ClFN. The molecule has 106 valence electrons. The van der Waals surface area contributed by atoms with Crippen molar-refractivity contribution in [2.75, 3.05) is 7.05 Å². The van der Waals surface area contributed by atoms with Crippen LogP contribution in [0.2, 0.25) is 5.02 Å². The number of nitrogens with one attached hydrogen (secondary N) is 1. The molecule has 0 heterocycles. The summed E-state index contributed by atoms with van der Waals surface area (Å²) in [7, 11) is 2.00. The molecule has 1 atom stereocenters. The molecule has 1 N–H and O–H groups in total. The molecule has 0 aliphatic heterocycles. The lowest BCUT2D eigenvalue weighted by molar-refractivity contribution is 0.235. The van der Waals surface area contributed by atoms with Gasteiger partial charge in [-0.25, -0.2) is 4.39 Å². The largest absolute Gasteiger partial charge is 0.316 e. The van der Waals surface area contributed by atoms with E-state index in [4.69, 9.17) is 11.6 Å². The lowest BCUT2D eigenvalue weighted by Gasteiger charge is -2.33. The topological polar surface area (TPSA) is 12.0 Å². The molecule has 0 saturated heterocycles. The fraction of sp³-hybridized carbons (Fsp3) is 0.625. The van der Waals surface area contributed by atoms with Crippen LogP contribution in [0.4, 0.5) is 4.39 Å². The average molecular weight is 284 g/mol. The maximum Gasteiger partial charge on any atom is 0.142 e. The van der Waals surface area contributed by atoms with Crippen LogP contribution < -0.4 is 5.32 Å². The molecule has 1 aromatic rings. The highest BCUT2D eigenvalue weighted by molar-refractivity contribution is 6.31. The van der Waals surface area contributed by atoms with Crippen molar-refractivity contribution in [3.63, 3.8) is 0 Å². The highest BCUT2D eigenvalue weighted by Crippen LogP contribution is 2.32. The van der Waals surface area contributed by atoms with Gasteiger partial charge < -0.3 is 5.32 Å². The van der Waals surface area contributed by atoms with Gasteiger partial charge >= 0.3 is 0 Å². The Labute approximate surface area is 120 Å². The third kappa shape index (κ3) is 3.70. The van der Waals surface area contributed by atoms with E-state index in [0.717, 1.165) is 17.9 Å². The minimum absolute atomic E-state index is 0.284. The molecule has 0 aromatic heterocycles. The van der Waals surface area contributed by atoms with Crippen LogP contribution >= 0.6 is 11.6 Å². The van der Waals surface area contributed by atoms with E-state index >= 15 is 0 Å². The summed E-state index contributed by atoms with van der Waals surface area (Å²) in [6.45, 7) is 2.33. The van der Waals surface area contributed by atoms with Gasteiger partial charge in [0, 0.05) is 6.04 Å². The lowest BCUT2D eigenvalue weighted by Crippen LogP contribution is -2.37. The van der Waals surface area contributed by atoms with E-state index in [2.05, 4.69) is 12.2 Å². The van der Waals surface area contributed by atoms with Crippen LogP contribution in [0.5, 0.6) is 0 Å². The smallest absolute Gasteiger partial charge is 0.142 e. The van der Waals surface area contributed by atoms with E-state index in [0.29, 0.717) is 12.0 Å². The summed E-state index contributed by atoms with van der Waals surface area (Å²) in [5, 5.41) is 3.68. The maximum absolute atomic E-state index is 13.5. The van der Waals surface area contributed by atoms with E-state index in [9.17, 15) is 4.39 Å². The van der Waals surface area contributed by atoms with Gasteiger partial charge in [-0.05, 0) is 49.8 Å². The molecule has 1 aromatic carbocycles. The van der Waals surface area contributed by atoms with Crippen molar-refractivity contribution in [3.8, 4) is 0 Å². The number of rotatable bonds is 4. The Balaban J connectivity index is 2.04. The minimum Gasteiger partial charge on any atom is -0.316 e. The van der Waals surface area contributed by atoms with Gasteiger partial charge in [-0.2, -0.15) is 0 Å². The van der Waals surface area contributed by atoms with Gasteiger partial charge in [-0.3, -0.25) is 0 Å². The molecule has 1 aliphatic carbocycles. The fourth-order valence-electron chi connectivity index (χ4n) is 3.14. The van der Waals surface area contributed by atoms with E-state index in [1.807, 2.05) is 13.1 Å². The van der Waals surface area contributed by atoms with Crippen LogP contribution in [-0.4, -0.2) is 13.1 Å². The van der Waals surface area contributed by atoms with Crippen LogP contribution in [0.3, 0.4) is 0 Å². The van der Waals surface area contributed by atoms with Crippen molar-refractivity contribution in [1.29, 1.82) is 0 Å². The van der Waals surface area contributed by atoms with Crippen LogP contribution in [0.15, 0.2) is 18.2 Å². The predicted octanol–water partition coefficient (Wildman–Crippen LogP) is 4.44. The Hall–Kier alpha value is -0.600. The third-order valence-corrected chi connectivity index (χ3v) is 4.90. The molecule has 1 fully saturated rings. The Morgan fingerprint density at radius 1 is 1.32 bits per heavy atom. The van der Waals surface area contributed by atoms with E-state index in [-0.39, 0.29) is 10.8 Å².